The SMILES string of the molecule is CCCCCC1=C(C)C(=O)c2cc(C)c(C)cc2C1=O. The molecule has 0 fully saturated rings. The van der Waals surface area contributed by atoms with Gasteiger partial charge in [0.1, 0.15) is 0 Å². The van der Waals surface area contributed by atoms with Gasteiger partial charge < -0.3 is 0 Å². The van der Waals surface area contributed by atoms with Crippen molar-refractivity contribution in [3.8, 4) is 0 Å². The zero-order valence-electron chi connectivity index (χ0n) is 12.8. The number of allylic oxidation sites excluding steroid dienone is 2. The highest BCUT2D eigenvalue weighted by Gasteiger charge is 2.29. The molecule has 0 unspecified atom stereocenters. The van der Waals surface area contributed by atoms with Crippen molar-refractivity contribution in [3.05, 3.63) is 45.5 Å². The number of aryl methyl sites for hydroxylation is 2. The number of Topliss-reactive ketones (excluding diaryl/α,β-unsaturated/α-hetero) is 2. The predicted octanol–water partition coefficient (Wildman–Crippen LogP) is 4.58. The van der Waals surface area contributed by atoms with E-state index in [1.165, 1.54) is 0 Å². The molecule has 1 aliphatic carbocycles. The van der Waals surface area contributed by atoms with Crippen molar-refractivity contribution in [3.63, 3.8) is 0 Å². The van der Waals surface area contributed by atoms with E-state index in [4.69, 9.17) is 0 Å². The predicted molar refractivity (Wildman–Crippen MR) is 81.4 cm³/mol. The zero-order chi connectivity index (χ0) is 14.9. The molecule has 0 N–H and O–H groups in total. The summed E-state index contributed by atoms with van der Waals surface area (Å²) in [5.74, 6) is 0.0745. The van der Waals surface area contributed by atoms with Crippen molar-refractivity contribution in [1.29, 1.82) is 0 Å². The van der Waals surface area contributed by atoms with Crippen molar-refractivity contribution in [2.75, 3.05) is 0 Å². The fourth-order valence-corrected chi connectivity index (χ4v) is 2.72. The Balaban J connectivity index is 2.43. The first kappa shape index (κ1) is 14.7. The second-order valence-electron chi connectivity index (χ2n) is 5.70. The standard InChI is InChI=1S/C18H22O2/c1-5-6-7-8-14-13(4)17(19)15-9-11(2)12(3)10-16(15)18(14)20/h9-10H,5-8H2,1-4H3. The minimum absolute atomic E-state index is 0.0224. The number of benzene rings is 1. The summed E-state index contributed by atoms with van der Waals surface area (Å²) >= 11 is 0. The number of hydrogen-bond acceptors (Lipinski definition) is 2. The largest absolute Gasteiger partial charge is 0.289 e. The average molecular weight is 270 g/mol. The van der Waals surface area contributed by atoms with Crippen molar-refractivity contribution < 1.29 is 9.59 Å². The van der Waals surface area contributed by atoms with Gasteiger partial charge in [-0.2, -0.15) is 0 Å². The van der Waals surface area contributed by atoms with Crippen LogP contribution < -0.4 is 0 Å². The van der Waals surface area contributed by atoms with E-state index in [2.05, 4.69) is 6.92 Å². The summed E-state index contributed by atoms with van der Waals surface area (Å²) < 4.78 is 0. The van der Waals surface area contributed by atoms with Gasteiger partial charge in [0.15, 0.2) is 11.6 Å². The molecule has 2 rings (SSSR count). The molecule has 1 aromatic carbocycles. The summed E-state index contributed by atoms with van der Waals surface area (Å²) in [4.78, 5) is 25.1. The molecule has 20 heavy (non-hydrogen) atoms. The number of unbranched alkanes of at least 4 members (excludes halogenated alkanes) is 2. The Morgan fingerprint density at radius 3 is 1.95 bits per heavy atom. The van der Waals surface area contributed by atoms with Crippen LogP contribution in [0.2, 0.25) is 0 Å². The molecule has 0 atom stereocenters. The molecule has 2 nitrogen and oxygen atoms in total. The first-order valence-electron chi connectivity index (χ1n) is 7.37. The van der Waals surface area contributed by atoms with E-state index >= 15 is 0 Å². The van der Waals surface area contributed by atoms with Gasteiger partial charge in [-0.25, -0.2) is 0 Å². The third kappa shape index (κ3) is 2.47. The number of rotatable bonds is 4. The fourth-order valence-electron chi connectivity index (χ4n) is 2.72. The van der Waals surface area contributed by atoms with E-state index in [-0.39, 0.29) is 11.6 Å². The summed E-state index contributed by atoms with van der Waals surface area (Å²) in [5, 5.41) is 0. The maximum Gasteiger partial charge on any atom is 0.190 e. The molecule has 0 bridgehead atoms. The highest BCUT2D eigenvalue weighted by molar-refractivity contribution is 6.26. The van der Waals surface area contributed by atoms with Gasteiger partial charge in [0.2, 0.25) is 0 Å². The number of carbonyl (C=O) groups is 2. The molecule has 0 saturated heterocycles. The van der Waals surface area contributed by atoms with Crippen LogP contribution in [-0.2, 0) is 0 Å². The molecular weight excluding hydrogens is 248 g/mol. The molecule has 106 valence electrons. The molecule has 0 heterocycles. The molecular formula is C18H22O2. The lowest BCUT2D eigenvalue weighted by Gasteiger charge is -2.20. The Kier molecular flexibility index (Phi) is 4.22. The van der Waals surface area contributed by atoms with E-state index in [0.29, 0.717) is 16.7 Å². The number of hydrogen-bond donors (Lipinski definition) is 0. The van der Waals surface area contributed by atoms with Gasteiger partial charge in [0.05, 0.1) is 0 Å². The van der Waals surface area contributed by atoms with E-state index in [9.17, 15) is 9.59 Å². The van der Waals surface area contributed by atoms with Crippen LogP contribution in [0, 0.1) is 13.8 Å². The maximum atomic E-state index is 12.6. The molecule has 0 aliphatic heterocycles. The van der Waals surface area contributed by atoms with Crippen LogP contribution in [0.25, 0.3) is 0 Å². The van der Waals surface area contributed by atoms with Gasteiger partial charge in [0.25, 0.3) is 0 Å². The molecule has 0 saturated carbocycles. The van der Waals surface area contributed by atoms with Crippen molar-refractivity contribution in [2.45, 2.75) is 53.4 Å². The van der Waals surface area contributed by atoms with Gasteiger partial charge >= 0.3 is 0 Å². The van der Waals surface area contributed by atoms with Gasteiger partial charge in [-0.15, -0.1) is 0 Å². The summed E-state index contributed by atoms with van der Waals surface area (Å²) in [6.45, 7) is 7.88. The summed E-state index contributed by atoms with van der Waals surface area (Å²) in [6, 6.07) is 3.73. The second-order valence-corrected chi connectivity index (χ2v) is 5.70. The van der Waals surface area contributed by atoms with E-state index < -0.39 is 0 Å². The minimum Gasteiger partial charge on any atom is -0.289 e. The Hall–Kier alpha value is -1.70. The van der Waals surface area contributed by atoms with E-state index in [1.807, 2.05) is 26.0 Å². The Morgan fingerprint density at radius 2 is 1.40 bits per heavy atom. The van der Waals surface area contributed by atoms with Gasteiger partial charge in [-0.3, -0.25) is 9.59 Å². The average Bonchev–Trinajstić information content (AvgIpc) is 2.42. The van der Waals surface area contributed by atoms with Gasteiger partial charge in [-0.05, 0) is 56.9 Å². The summed E-state index contributed by atoms with van der Waals surface area (Å²) in [7, 11) is 0. The van der Waals surface area contributed by atoms with Crippen molar-refractivity contribution in [2.24, 2.45) is 0 Å². The topological polar surface area (TPSA) is 34.1 Å². The molecule has 1 aromatic rings. The van der Waals surface area contributed by atoms with Gasteiger partial charge in [0, 0.05) is 22.3 Å². The van der Waals surface area contributed by atoms with Crippen LogP contribution >= 0.6 is 0 Å². The van der Waals surface area contributed by atoms with E-state index in [1.54, 1.807) is 6.92 Å². The van der Waals surface area contributed by atoms with Crippen LogP contribution in [0.15, 0.2) is 23.3 Å². The number of fused-ring (bicyclic) bond motifs is 1. The van der Waals surface area contributed by atoms with Crippen LogP contribution in [0.4, 0.5) is 0 Å². The van der Waals surface area contributed by atoms with Crippen LogP contribution in [0.3, 0.4) is 0 Å². The van der Waals surface area contributed by atoms with Crippen molar-refractivity contribution in [1.82, 2.24) is 0 Å². The third-order valence-electron chi connectivity index (χ3n) is 4.22. The smallest absolute Gasteiger partial charge is 0.190 e. The summed E-state index contributed by atoms with van der Waals surface area (Å²) in [6.07, 6.45) is 3.90. The fraction of sp³-hybridized carbons (Fsp3) is 0.444. The molecule has 2 heteroatoms. The molecule has 0 aromatic heterocycles. The Labute approximate surface area is 120 Å². The number of carbonyl (C=O) groups excluding carboxylic acids is 2. The first-order valence-corrected chi connectivity index (χ1v) is 7.37. The first-order chi connectivity index (χ1) is 9.47. The highest BCUT2D eigenvalue weighted by Crippen LogP contribution is 2.30. The highest BCUT2D eigenvalue weighted by atomic mass is 16.1. The maximum absolute atomic E-state index is 12.6. The van der Waals surface area contributed by atoms with Crippen molar-refractivity contribution >= 4 is 11.6 Å². The lowest BCUT2D eigenvalue weighted by Crippen LogP contribution is -2.21. The Bertz CT molecular complexity index is 606. The lowest BCUT2D eigenvalue weighted by molar-refractivity contribution is 0.0971. The lowest BCUT2D eigenvalue weighted by atomic mass is 9.81. The monoisotopic (exact) mass is 270 g/mol. The third-order valence-corrected chi connectivity index (χ3v) is 4.22. The molecule has 1 aliphatic rings. The van der Waals surface area contributed by atoms with Crippen LogP contribution in [-0.4, -0.2) is 11.6 Å². The second kappa shape index (κ2) is 5.74. The normalized spacial score (nSPS) is 14.8. The molecule has 0 amide bonds. The number of ketones is 2. The quantitative estimate of drug-likeness (QED) is 0.750. The van der Waals surface area contributed by atoms with E-state index in [0.717, 1.165) is 42.4 Å². The summed E-state index contributed by atoms with van der Waals surface area (Å²) in [5.41, 5.74) is 4.66. The molecule has 0 radical (unpaired) electrons. The zero-order valence-corrected chi connectivity index (χ0v) is 12.8. The van der Waals surface area contributed by atoms with Crippen LogP contribution in [0.5, 0.6) is 0 Å². The Morgan fingerprint density at radius 1 is 0.850 bits per heavy atom. The molecule has 0 spiro atoms. The van der Waals surface area contributed by atoms with Crippen LogP contribution in [0.1, 0.15) is 71.4 Å². The minimum atomic E-state index is 0.0224. The van der Waals surface area contributed by atoms with Gasteiger partial charge in [-0.1, -0.05) is 19.8 Å².